The van der Waals surface area contributed by atoms with E-state index in [2.05, 4.69) is 36.5 Å². The maximum atomic E-state index is 12.2. The SMILES string of the molecule is CC(C)C(=O)N1CC(Cc2ccccc2)NCC1C. The molecule has 2 unspecified atom stereocenters. The summed E-state index contributed by atoms with van der Waals surface area (Å²) >= 11 is 0. The highest BCUT2D eigenvalue weighted by atomic mass is 16.2. The largest absolute Gasteiger partial charge is 0.337 e. The molecule has 0 aromatic heterocycles. The molecule has 3 heteroatoms. The molecule has 1 amide bonds. The number of rotatable bonds is 3. The molecule has 0 radical (unpaired) electrons. The van der Waals surface area contributed by atoms with E-state index < -0.39 is 0 Å². The standard InChI is InChI=1S/C16H24N2O/c1-12(2)16(19)18-11-15(17-10-13(18)3)9-14-7-5-4-6-8-14/h4-8,12-13,15,17H,9-11H2,1-3H3. The van der Waals surface area contributed by atoms with Gasteiger partial charge in [-0.15, -0.1) is 0 Å². The minimum absolute atomic E-state index is 0.0814. The second-order valence-electron chi connectivity index (χ2n) is 5.79. The van der Waals surface area contributed by atoms with E-state index in [0.29, 0.717) is 12.1 Å². The van der Waals surface area contributed by atoms with Crippen molar-refractivity contribution >= 4 is 5.91 Å². The maximum Gasteiger partial charge on any atom is 0.225 e. The van der Waals surface area contributed by atoms with Crippen molar-refractivity contribution in [3.05, 3.63) is 35.9 Å². The highest BCUT2D eigenvalue weighted by molar-refractivity contribution is 5.78. The van der Waals surface area contributed by atoms with Crippen molar-refractivity contribution < 1.29 is 4.79 Å². The van der Waals surface area contributed by atoms with Crippen molar-refractivity contribution in [3.63, 3.8) is 0 Å². The Balaban J connectivity index is 1.99. The predicted molar refractivity (Wildman–Crippen MR) is 77.9 cm³/mol. The zero-order chi connectivity index (χ0) is 13.8. The summed E-state index contributed by atoms with van der Waals surface area (Å²) in [6.07, 6.45) is 0.982. The highest BCUT2D eigenvalue weighted by Crippen LogP contribution is 2.14. The van der Waals surface area contributed by atoms with Crippen LogP contribution in [0.1, 0.15) is 26.3 Å². The smallest absolute Gasteiger partial charge is 0.225 e. The van der Waals surface area contributed by atoms with Crippen molar-refractivity contribution in [2.24, 2.45) is 5.92 Å². The zero-order valence-electron chi connectivity index (χ0n) is 12.1. The van der Waals surface area contributed by atoms with E-state index in [1.54, 1.807) is 0 Å². The number of benzene rings is 1. The summed E-state index contributed by atoms with van der Waals surface area (Å²) in [7, 11) is 0. The number of nitrogens with zero attached hydrogens (tertiary/aromatic N) is 1. The molecule has 0 spiro atoms. The van der Waals surface area contributed by atoms with Crippen molar-refractivity contribution in [1.82, 2.24) is 10.2 Å². The van der Waals surface area contributed by atoms with Gasteiger partial charge in [0.05, 0.1) is 0 Å². The van der Waals surface area contributed by atoms with Gasteiger partial charge < -0.3 is 10.2 Å². The van der Waals surface area contributed by atoms with E-state index in [1.165, 1.54) is 5.56 Å². The van der Waals surface area contributed by atoms with Crippen LogP contribution in [0, 0.1) is 5.92 Å². The fraction of sp³-hybridized carbons (Fsp3) is 0.562. The lowest BCUT2D eigenvalue weighted by Crippen LogP contribution is -2.58. The summed E-state index contributed by atoms with van der Waals surface area (Å²) in [5.74, 6) is 0.352. The lowest BCUT2D eigenvalue weighted by molar-refractivity contribution is -0.138. The normalized spacial score (nSPS) is 23.7. The lowest BCUT2D eigenvalue weighted by Gasteiger charge is -2.39. The van der Waals surface area contributed by atoms with Gasteiger partial charge in [-0.3, -0.25) is 4.79 Å². The van der Waals surface area contributed by atoms with E-state index in [4.69, 9.17) is 0 Å². The number of hydrogen-bond donors (Lipinski definition) is 1. The van der Waals surface area contributed by atoms with Crippen LogP contribution in [0.5, 0.6) is 0 Å². The molecule has 1 aromatic carbocycles. The van der Waals surface area contributed by atoms with Gasteiger partial charge >= 0.3 is 0 Å². The monoisotopic (exact) mass is 260 g/mol. The maximum absolute atomic E-state index is 12.2. The summed E-state index contributed by atoms with van der Waals surface area (Å²) in [6, 6.07) is 11.1. The van der Waals surface area contributed by atoms with Gasteiger partial charge in [-0.25, -0.2) is 0 Å². The van der Waals surface area contributed by atoms with Crippen molar-refractivity contribution in [2.75, 3.05) is 13.1 Å². The third-order valence-corrected chi connectivity index (χ3v) is 3.75. The Labute approximate surface area is 116 Å². The molecule has 19 heavy (non-hydrogen) atoms. The molecule has 2 rings (SSSR count). The van der Waals surface area contributed by atoms with Crippen LogP contribution in [0.25, 0.3) is 0 Å². The summed E-state index contributed by atoms with van der Waals surface area (Å²) in [5.41, 5.74) is 1.33. The first-order valence-corrected chi connectivity index (χ1v) is 7.15. The average molecular weight is 260 g/mol. The van der Waals surface area contributed by atoms with Gasteiger partial charge in [-0.2, -0.15) is 0 Å². The first-order valence-electron chi connectivity index (χ1n) is 7.15. The van der Waals surface area contributed by atoms with E-state index in [1.807, 2.05) is 24.8 Å². The van der Waals surface area contributed by atoms with Gasteiger partial charge in [0, 0.05) is 31.1 Å². The second kappa shape index (κ2) is 6.20. The minimum atomic E-state index is 0.0814. The third kappa shape index (κ3) is 3.57. The molecule has 1 aliphatic heterocycles. The molecule has 1 heterocycles. The van der Waals surface area contributed by atoms with Crippen molar-refractivity contribution in [3.8, 4) is 0 Å². The fourth-order valence-electron chi connectivity index (χ4n) is 2.60. The van der Waals surface area contributed by atoms with Crippen molar-refractivity contribution in [1.29, 1.82) is 0 Å². The van der Waals surface area contributed by atoms with Crippen LogP contribution in [0.3, 0.4) is 0 Å². The second-order valence-corrected chi connectivity index (χ2v) is 5.79. The van der Waals surface area contributed by atoms with E-state index in [0.717, 1.165) is 19.5 Å². The minimum Gasteiger partial charge on any atom is -0.337 e. The van der Waals surface area contributed by atoms with Gasteiger partial charge in [0.15, 0.2) is 0 Å². The molecule has 1 fully saturated rings. The Morgan fingerprint density at radius 1 is 1.37 bits per heavy atom. The first kappa shape index (κ1) is 14.1. The zero-order valence-corrected chi connectivity index (χ0v) is 12.1. The molecule has 0 saturated carbocycles. The molecular formula is C16H24N2O. The molecule has 1 aliphatic rings. The lowest BCUT2D eigenvalue weighted by atomic mass is 10.0. The molecule has 2 atom stereocenters. The fourth-order valence-corrected chi connectivity index (χ4v) is 2.60. The third-order valence-electron chi connectivity index (χ3n) is 3.75. The van der Waals surface area contributed by atoms with Crippen LogP contribution >= 0.6 is 0 Å². The van der Waals surface area contributed by atoms with Crippen LogP contribution < -0.4 is 5.32 Å². The number of piperazine rings is 1. The van der Waals surface area contributed by atoms with E-state index >= 15 is 0 Å². The van der Waals surface area contributed by atoms with Crippen LogP contribution in [0.15, 0.2) is 30.3 Å². The molecule has 1 N–H and O–H groups in total. The summed E-state index contributed by atoms with van der Waals surface area (Å²) in [5, 5.41) is 3.55. The van der Waals surface area contributed by atoms with Gasteiger partial charge in [0.25, 0.3) is 0 Å². The average Bonchev–Trinajstić information content (AvgIpc) is 2.41. The van der Waals surface area contributed by atoms with Crippen LogP contribution in [-0.2, 0) is 11.2 Å². The number of carbonyl (C=O) groups is 1. The first-order chi connectivity index (χ1) is 9.08. The Morgan fingerprint density at radius 2 is 2.05 bits per heavy atom. The molecule has 1 aromatic rings. The number of nitrogens with one attached hydrogen (secondary N) is 1. The Hall–Kier alpha value is -1.35. The predicted octanol–water partition coefficient (Wildman–Crippen LogP) is 2.07. The van der Waals surface area contributed by atoms with Crippen LogP contribution in [-0.4, -0.2) is 36.0 Å². The molecule has 0 bridgehead atoms. The Morgan fingerprint density at radius 3 is 2.68 bits per heavy atom. The Kier molecular flexibility index (Phi) is 4.59. The number of amides is 1. The number of carbonyl (C=O) groups excluding carboxylic acids is 1. The van der Waals surface area contributed by atoms with E-state index in [-0.39, 0.29) is 11.8 Å². The summed E-state index contributed by atoms with van der Waals surface area (Å²) in [4.78, 5) is 14.2. The van der Waals surface area contributed by atoms with E-state index in [9.17, 15) is 4.79 Å². The van der Waals surface area contributed by atoms with Crippen LogP contribution in [0.4, 0.5) is 0 Å². The summed E-state index contributed by atoms with van der Waals surface area (Å²) in [6.45, 7) is 7.77. The molecule has 1 saturated heterocycles. The number of hydrogen-bond acceptors (Lipinski definition) is 2. The Bertz CT molecular complexity index is 416. The molecule has 0 aliphatic carbocycles. The van der Waals surface area contributed by atoms with Gasteiger partial charge in [0.2, 0.25) is 5.91 Å². The molecule has 3 nitrogen and oxygen atoms in total. The quantitative estimate of drug-likeness (QED) is 0.902. The van der Waals surface area contributed by atoms with Crippen LogP contribution in [0.2, 0.25) is 0 Å². The highest BCUT2D eigenvalue weighted by Gasteiger charge is 2.29. The topological polar surface area (TPSA) is 32.3 Å². The summed E-state index contributed by atoms with van der Waals surface area (Å²) < 4.78 is 0. The van der Waals surface area contributed by atoms with Gasteiger partial charge in [-0.05, 0) is 18.9 Å². The van der Waals surface area contributed by atoms with Crippen molar-refractivity contribution in [2.45, 2.75) is 39.3 Å². The van der Waals surface area contributed by atoms with Gasteiger partial charge in [0.1, 0.15) is 0 Å². The van der Waals surface area contributed by atoms with Gasteiger partial charge in [-0.1, -0.05) is 44.2 Å². The molecular weight excluding hydrogens is 236 g/mol. The molecule has 104 valence electrons.